The molecule has 0 spiro atoms. The topological polar surface area (TPSA) is 37.3 Å². The molecule has 3 heteroatoms. The maximum atomic E-state index is 10.7. The van der Waals surface area contributed by atoms with Gasteiger partial charge in [0.1, 0.15) is 0 Å². The van der Waals surface area contributed by atoms with Crippen LogP contribution in [0.1, 0.15) is 32.1 Å². The molecule has 1 saturated carbocycles. The minimum atomic E-state index is -0.789. The van der Waals surface area contributed by atoms with Crippen LogP contribution < -0.4 is 0 Å². The zero-order valence-corrected chi connectivity index (χ0v) is 9.22. The van der Waals surface area contributed by atoms with Crippen LogP contribution >= 0.6 is 15.9 Å². The molecule has 1 aliphatic rings. The van der Waals surface area contributed by atoms with Gasteiger partial charge in [0.2, 0.25) is 0 Å². The Hall–Kier alpha value is -0.310. The highest BCUT2D eigenvalue weighted by molar-refractivity contribution is 9.09. The van der Waals surface area contributed by atoms with E-state index >= 15 is 0 Å². The summed E-state index contributed by atoms with van der Waals surface area (Å²) in [6.07, 6.45) is 8.04. The molecule has 0 atom stereocenters. The van der Waals surface area contributed by atoms with E-state index in [1.807, 2.05) is 6.08 Å². The van der Waals surface area contributed by atoms with Crippen molar-refractivity contribution in [2.24, 2.45) is 5.92 Å². The Morgan fingerprint density at radius 3 is 2.46 bits per heavy atom. The number of hydrogen-bond donors (Lipinski definition) is 1. The highest BCUT2D eigenvalue weighted by Gasteiger charge is 2.14. The van der Waals surface area contributed by atoms with E-state index < -0.39 is 5.97 Å². The Labute approximate surface area is 87.2 Å². The Balaban J connectivity index is 2.54. The van der Waals surface area contributed by atoms with E-state index in [-0.39, 0.29) is 0 Å². The Morgan fingerprint density at radius 1 is 1.38 bits per heavy atom. The molecule has 0 amide bonds. The van der Waals surface area contributed by atoms with Gasteiger partial charge in [-0.3, -0.25) is 0 Å². The van der Waals surface area contributed by atoms with Crippen molar-refractivity contribution < 1.29 is 9.90 Å². The largest absolute Gasteiger partial charge is 0.478 e. The van der Waals surface area contributed by atoms with Gasteiger partial charge in [-0.25, -0.2) is 4.79 Å². The number of carboxylic acids is 1. The zero-order chi connectivity index (χ0) is 9.68. The molecular formula is C10H15BrO2. The third-order valence-electron chi connectivity index (χ3n) is 2.51. The van der Waals surface area contributed by atoms with Crippen LogP contribution in [0.2, 0.25) is 0 Å². The van der Waals surface area contributed by atoms with E-state index in [1.54, 1.807) is 0 Å². The van der Waals surface area contributed by atoms with Crippen molar-refractivity contribution in [3.63, 3.8) is 0 Å². The average molecular weight is 247 g/mol. The summed E-state index contributed by atoms with van der Waals surface area (Å²) in [6.45, 7) is 0. The summed E-state index contributed by atoms with van der Waals surface area (Å²) >= 11 is 3.19. The molecule has 2 nitrogen and oxygen atoms in total. The van der Waals surface area contributed by atoms with Crippen molar-refractivity contribution in [2.75, 3.05) is 5.33 Å². The van der Waals surface area contributed by atoms with E-state index in [4.69, 9.17) is 5.11 Å². The third kappa shape index (κ3) is 3.51. The summed E-state index contributed by atoms with van der Waals surface area (Å²) in [6, 6.07) is 0. The average Bonchev–Trinajstić information content (AvgIpc) is 2.15. The molecule has 13 heavy (non-hydrogen) atoms. The monoisotopic (exact) mass is 246 g/mol. The van der Waals surface area contributed by atoms with Crippen LogP contribution in [0.3, 0.4) is 0 Å². The fraction of sp³-hybridized carbons (Fsp3) is 0.700. The van der Waals surface area contributed by atoms with Crippen molar-refractivity contribution >= 4 is 21.9 Å². The van der Waals surface area contributed by atoms with Gasteiger partial charge in [-0.2, -0.15) is 0 Å². The van der Waals surface area contributed by atoms with Crippen LogP contribution in [0.4, 0.5) is 0 Å². The minimum Gasteiger partial charge on any atom is -0.478 e. The molecule has 74 valence electrons. The lowest BCUT2D eigenvalue weighted by Gasteiger charge is -2.18. The van der Waals surface area contributed by atoms with Crippen molar-refractivity contribution in [1.29, 1.82) is 0 Å². The number of carboxylic acid groups (broad SMARTS) is 1. The van der Waals surface area contributed by atoms with Crippen molar-refractivity contribution in [1.82, 2.24) is 0 Å². The highest BCUT2D eigenvalue weighted by Crippen LogP contribution is 2.25. The fourth-order valence-electron chi connectivity index (χ4n) is 1.76. The second kappa shape index (κ2) is 5.43. The maximum Gasteiger partial charge on any atom is 0.332 e. The first kappa shape index (κ1) is 10.8. The number of alkyl halides is 1. The Morgan fingerprint density at radius 2 is 2.00 bits per heavy atom. The first-order valence-corrected chi connectivity index (χ1v) is 5.86. The number of halogens is 1. The number of aliphatic carboxylic acids is 1. The van der Waals surface area contributed by atoms with Crippen LogP contribution in [0.15, 0.2) is 11.6 Å². The quantitative estimate of drug-likeness (QED) is 0.614. The third-order valence-corrected chi connectivity index (χ3v) is 3.11. The highest BCUT2D eigenvalue weighted by atomic mass is 79.9. The lowest BCUT2D eigenvalue weighted by molar-refractivity contribution is -0.132. The van der Waals surface area contributed by atoms with Crippen LogP contribution in [0.5, 0.6) is 0 Å². The van der Waals surface area contributed by atoms with Crippen molar-refractivity contribution in [2.45, 2.75) is 32.1 Å². The van der Waals surface area contributed by atoms with E-state index in [1.165, 1.54) is 19.3 Å². The van der Waals surface area contributed by atoms with Crippen molar-refractivity contribution in [3.8, 4) is 0 Å². The lowest BCUT2D eigenvalue weighted by atomic mass is 9.88. The van der Waals surface area contributed by atoms with Gasteiger partial charge >= 0.3 is 5.97 Å². The summed E-state index contributed by atoms with van der Waals surface area (Å²) in [5.41, 5.74) is 0.506. The van der Waals surface area contributed by atoms with E-state index in [0.29, 0.717) is 16.8 Å². The smallest absolute Gasteiger partial charge is 0.332 e. The molecule has 0 unspecified atom stereocenters. The standard InChI is InChI=1S/C10H15BrO2/c11-7-9(10(12)13)6-8-4-2-1-3-5-8/h6,8H,1-5,7H2,(H,12,13). The van der Waals surface area contributed by atoms with Gasteiger partial charge in [0.05, 0.1) is 0 Å². The molecule has 1 fully saturated rings. The minimum absolute atomic E-state index is 0.457. The molecular weight excluding hydrogens is 232 g/mol. The van der Waals surface area contributed by atoms with Gasteiger partial charge in [0.15, 0.2) is 0 Å². The molecule has 0 saturated heterocycles. The lowest BCUT2D eigenvalue weighted by Crippen LogP contribution is -2.08. The van der Waals surface area contributed by atoms with Gasteiger partial charge in [-0.05, 0) is 18.8 Å². The van der Waals surface area contributed by atoms with Crippen LogP contribution in [-0.4, -0.2) is 16.4 Å². The Kier molecular flexibility index (Phi) is 4.50. The Bertz CT molecular complexity index is 205. The zero-order valence-electron chi connectivity index (χ0n) is 7.63. The van der Waals surface area contributed by atoms with E-state index in [0.717, 1.165) is 12.8 Å². The van der Waals surface area contributed by atoms with Gasteiger partial charge in [0.25, 0.3) is 0 Å². The summed E-state index contributed by atoms with van der Waals surface area (Å²) in [4.78, 5) is 10.7. The van der Waals surface area contributed by atoms with Crippen LogP contribution in [0.25, 0.3) is 0 Å². The summed E-state index contributed by atoms with van der Waals surface area (Å²) < 4.78 is 0. The summed E-state index contributed by atoms with van der Waals surface area (Å²) in [5.74, 6) is -0.292. The molecule has 0 aromatic carbocycles. The van der Waals surface area contributed by atoms with Gasteiger partial charge < -0.3 is 5.11 Å². The first-order valence-electron chi connectivity index (χ1n) is 4.74. The molecule has 1 N–H and O–H groups in total. The molecule has 1 aliphatic carbocycles. The molecule has 0 bridgehead atoms. The molecule has 0 aromatic heterocycles. The van der Waals surface area contributed by atoms with Crippen molar-refractivity contribution in [3.05, 3.63) is 11.6 Å². The molecule has 0 heterocycles. The fourth-order valence-corrected chi connectivity index (χ4v) is 2.19. The maximum absolute atomic E-state index is 10.7. The second-order valence-electron chi connectivity index (χ2n) is 3.53. The summed E-state index contributed by atoms with van der Waals surface area (Å²) in [5, 5.41) is 9.26. The molecule has 0 aromatic rings. The normalized spacial score (nSPS) is 20.2. The first-order chi connectivity index (χ1) is 6.24. The SMILES string of the molecule is O=C(O)C(=CC1CCCCC1)CBr. The molecule has 0 radical (unpaired) electrons. The predicted molar refractivity (Wildman–Crippen MR) is 56.1 cm³/mol. The molecule has 0 aliphatic heterocycles. The number of allylic oxidation sites excluding steroid dienone is 1. The number of rotatable bonds is 3. The predicted octanol–water partition coefficient (Wildman–Crippen LogP) is 2.97. The van der Waals surface area contributed by atoms with E-state index in [9.17, 15) is 4.79 Å². The summed E-state index contributed by atoms with van der Waals surface area (Å²) in [7, 11) is 0. The van der Waals surface area contributed by atoms with Crippen LogP contribution in [0, 0.1) is 5.92 Å². The van der Waals surface area contributed by atoms with Gasteiger partial charge in [0, 0.05) is 10.9 Å². The second-order valence-corrected chi connectivity index (χ2v) is 4.09. The number of hydrogen-bond acceptors (Lipinski definition) is 1. The van der Waals surface area contributed by atoms with Gasteiger partial charge in [-0.15, -0.1) is 0 Å². The molecule has 1 rings (SSSR count). The van der Waals surface area contributed by atoms with E-state index in [2.05, 4.69) is 15.9 Å². The van der Waals surface area contributed by atoms with Crippen LogP contribution in [-0.2, 0) is 4.79 Å². The van der Waals surface area contributed by atoms with Gasteiger partial charge in [-0.1, -0.05) is 41.3 Å². The number of carbonyl (C=O) groups is 1.